The van der Waals surface area contributed by atoms with Crippen LogP contribution >= 0.6 is 0 Å². The summed E-state index contributed by atoms with van der Waals surface area (Å²) in [6.45, 7) is 6.69. The van der Waals surface area contributed by atoms with Gasteiger partial charge in [-0.05, 0) is 20.3 Å². The molecule has 0 radical (unpaired) electrons. The number of aromatic nitrogens is 2. The molecule has 5 nitrogen and oxygen atoms in total. The molecule has 0 amide bonds. The zero-order valence-corrected chi connectivity index (χ0v) is 9.97. The fraction of sp³-hybridized carbons (Fsp3) is 0.636. The minimum absolute atomic E-state index is 0.168. The second kappa shape index (κ2) is 5.65. The van der Waals surface area contributed by atoms with Gasteiger partial charge in [0.15, 0.2) is 0 Å². The van der Waals surface area contributed by atoms with Crippen LogP contribution in [-0.4, -0.2) is 26.7 Å². The molecule has 0 saturated carbocycles. The Bertz CT molecular complexity index is 349. The molecule has 1 rings (SSSR count). The number of carbonyl (C=O) groups is 1. The van der Waals surface area contributed by atoms with Gasteiger partial charge in [-0.2, -0.15) is 0 Å². The van der Waals surface area contributed by atoms with Crippen LogP contribution in [0.4, 0.5) is 0 Å². The Morgan fingerprint density at radius 3 is 2.81 bits per heavy atom. The summed E-state index contributed by atoms with van der Waals surface area (Å²) in [6.07, 6.45) is 4.16. The van der Waals surface area contributed by atoms with E-state index in [1.165, 1.54) is 0 Å². The van der Waals surface area contributed by atoms with E-state index in [9.17, 15) is 9.90 Å². The summed E-state index contributed by atoms with van der Waals surface area (Å²) in [4.78, 5) is 15.2. The summed E-state index contributed by atoms with van der Waals surface area (Å²) in [5, 5.41) is 12.3. The van der Waals surface area contributed by atoms with E-state index in [2.05, 4.69) is 10.3 Å². The van der Waals surface area contributed by atoms with Crippen molar-refractivity contribution in [2.45, 2.75) is 45.8 Å². The zero-order chi connectivity index (χ0) is 12.1. The number of hydrogen-bond acceptors (Lipinski definition) is 3. The number of nitrogens with one attached hydrogen (secondary N) is 1. The van der Waals surface area contributed by atoms with Gasteiger partial charge >= 0.3 is 5.97 Å². The van der Waals surface area contributed by atoms with Gasteiger partial charge in [0.1, 0.15) is 6.04 Å². The number of rotatable bonds is 6. The molecular formula is C11H19N3O2. The molecule has 0 saturated heterocycles. The summed E-state index contributed by atoms with van der Waals surface area (Å²) in [6, 6.07) is -0.515. The molecule has 0 aliphatic carbocycles. The maximum atomic E-state index is 11.2. The molecule has 1 heterocycles. The minimum atomic E-state index is -0.865. The summed E-state index contributed by atoms with van der Waals surface area (Å²) < 4.78 is 1.84. The molecule has 0 aliphatic heterocycles. The number of nitrogens with zero attached hydrogens (tertiary/aromatic N) is 2. The molecule has 2 unspecified atom stereocenters. The van der Waals surface area contributed by atoms with Crippen LogP contribution in [0.25, 0.3) is 0 Å². The van der Waals surface area contributed by atoms with E-state index in [0.717, 1.165) is 13.0 Å². The lowest BCUT2D eigenvalue weighted by Gasteiger charge is -2.19. The Labute approximate surface area is 95.5 Å². The van der Waals surface area contributed by atoms with E-state index in [1.54, 1.807) is 12.5 Å². The van der Waals surface area contributed by atoms with Crippen LogP contribution in [0.2, 0.25) is 0 Å². The Morgan fingerprint density at radius 2 is 2.31 bits per heavy atom. The molecule has 0 spiro atoms. The molecule has 90 valence electrons. The van der Waals surface area contributed by atoms with Crippen LogP contribution in [0.1, 0.15) is 38.9 Å². The van der Waals surface area contributed by atoms with Crippen molar-refractivity contribution in [2.24, 2.45) is 0 Å². The number of aliphatic carboxylic acids is 1. The van der Waals surface area contributed by atoms with Gasteiger partial charge in [0.05, 0.1) is 18.2 Å². The molecule has 1 aromatic rings. The molecule has 1 aromatic heterocycles. The van der Waals surface area contributed by atoms with Gasteiger partial charge in [-0.25, -0.2) is 4.98 Å². The third-order valence-corrected chi connectivity index (χ3v) is 2.69. The monoisotopic (exact) mass is 225 g/mol. The molecule has 5 heteroatoms. The summed E-state index contributed by atoms with van der Waals surface area (Å²) in [7, 11) is 0. The standard InChI is InChI=1S/C11H19N3O2/c1-4-8(3)13-10(11(15)16)9-6-12-7-14(9)5-2/h6-8,10,13H,4-5H2,1-3H3,(H,15,16). The maximum absolute atomic E-state index is 11.2. The highest BCUT2D eigenvalue weighted by Gasteiger charge is 2.24. The van der Waals surface area contributed by atoms with E-state index in [-0.39, 0.29) is 6.04 Å². The predicted molar refractivity (Wildman–Crippen MR) is 61.2 cm³/mol. The lowest BCUT2D eigenvalue weighted by molar-refractivity contribution is -0.140. The Morgan fingerprint density at radius 1 is 1.62 bits per heavy atom. The lowest BCUT2D eigenvalue weighted by Crippen LogP contribution is -2.36. The lowest BCUT2D eigenvalue weighted by atomic mass is 10.1. The van der Waals surface area contributed by atoms with Gasteiger partial charge in [-0.1, -0.05) is 6.92 Å². The van der Waals surface area contributed by atoms with E-state index < -0.39 is 12.0 Å². The van der Waals surface area contributed by atoms with Crippen LogP contribution in [0.5, 0.6) is 0 Å². The van der Waals surface area contributed by atoms with Crippen LogP contribution < -0.4 is 5.32 Å². The molecule has 0 bridgehead atoms. The average molecular weight is 225 g/mol. The number of hydrogen-bond donors (Lipinski definition) is 2. The van der Waals surface area contributed by atoms with Crippen molar-refractivity contribution in [2.75, 3.05) is 0 Å². The number of imidazole rings is 1. The number of aryl methyl sites for hydroxylation is 1. The highest BCUT2D eigenvalue weighted by Crippen LogP contribution is 2.14. The molecule has 0 aliphatic rings. The van der Waals surface area contributed by atoms with Crippen molar-refractivity contribution in [3.05, 3.63) is 18.2 Å². The predicted octanol–water partition coefficient (Wildman–Crippen LogP) is 1.42. The summed E-state index contributed by atoms with van der Waals surface area (Å²) in [5.41, 5.74) is 0.704. The van der Waals surface area contributed by atoms with Gasteiger partial charge in [-0.15, -0.1) is 0 Å². The SMILES string of the molecule is CCC(C)NC(C(=O)O)c1cncn1CC. The fourth-order valence-corrected chi connectivity index (χ4v) is 1.52. The molecule has 2 atom stereocenters. The Balaban J connectivity index is 2.89. The molecule has 0 aromatic carbocycles. The molecule has 16 heavy (non-hydrogen) atoms. The average Bonchev–Trinajstić information content (AvgIpc) is 2.72. The van der Waals surface area contributed by atoms with E-state index in [1.807, 2.05) is 25.3 Å². The Hall–Kier alpha value is -1.36. The van der Waals surface area contributed by atoms with Crippen molar-refractivity contribution in [1.29, 1.82) is 0 Å². The number of carboxylic acid groups (broad SMARTS) is 1. The highest BCUT2D eigenvalue weighted by atomic mass is 16.4. The molecular weight excluding hydrogens is 206 g/mol. The largest absolute Gasteiger partial charge is 0.480 e. The third-order valence-electron chi connectivity index (χ3n) is 2.69. The van der Waals surface area contributed by atoms with Crippen molar-refractivity contribution < 1.29 is 9.90 Å². The first kappa shape index (κ1) is 12.7. The third kappa shape index (κ3) is 2.82. The highest BCUT2D eigenvalue weighted by molar-refractivity contribution is 5.74. The van der Waals surface area contributed by atoms with Gasteiger partial charge in [0.25, 0.3) is 0 Å². The second-order valence-corrected chi connectivity index (χ2v) is 3.85. The maximum Gasteiger partial charge on any atom is 0.326 e. The van der Waals surface area contributed by atoms with E-state index >= 15 is 0 Å². The zero-order valence-electron chi connectivity index (χ0n) is 9.97. The van der Waals surface area contributed by atoms with Crippen molar-refractivity contribution in [3.8, 4) is 0 Å². The number of carboxylic acids is 1. The van der Waals surface area contributed by atoms with Gasteiger partial charge in [0, 0.05) is 12.6 Å². The smallest absolute Gasteiger partial charge is 0.326 e. The van der Waals surface area contributed by atoms with E-state index in [4.69, 9.17) is 0 Å². The first-order valence-corrected chi connectivity index (χ1v) is 5.59. The van der Waals surface area contributed by atoms with Crippen LogP contribution in [0, 0.1) is 0 Å². The van der Waals surface area contributed by atoms with Gasteiger partial charge < -0.3 is 9.67 Å². The first-order chi connectivity index (χ1) is 7.60. The molecule has 2 N–H and O–H groups in total. The normalized spacial score (nSPS) is 14.7. The molecule has 0 fully saturated rings. The second-order valence-electron chi connectivity index (χ2n) is 3.85. The summed E-state index contributed by atoms with van der Waals surface area (Å²) in [5.74, 6) is -0.865. The topological polar surface area (TPSA) is 67.2 Å². The van der Waals surface area contributed by atoms with Gasteiger partial charge in [-0.3, -0.25) is 10.1 Å². The van der Waals surface area contributed by atoms with Crippen LogP contribution in [0.3, 0.4) is 0 Å². The van der Waals surface area contributed by atoms with Crippen molar-refractivity contribution in [3.63, 3.8) is 0 Å². The van der Waals surface area contributed by atoms with Crippen molar-refractivity contribution >= 4 is 5.97 Å². The summed E-state index contributed by atoms with van der Waals surface area (Å²) >= 11 is 0. The van der Waals surface area contributed by atoms with Crippen molar-refractivity contribution in [1.82, 2.24) is 14.9 Å². The van der Waals surface area contributed by atoms with E-state index in [0.29, 0.717) is 5.69 Å². The van der Waals surface area contributed by atoms with Crippen LogP contribution in [-0.2, 0) is 11.3 Å². The first-order valence-electron chi connectivity index (χ1n) is 5.59. The fourth-order valence-electron chi connectivity index (χ4n) is 1.52. The van der Waals surface area contributed by atoms with Crippen LogP contribution in [0.15, 0.2) is 12.5 Å². The minimum Gasteiger partial charge on any atom is -0.480 e. The Kier molecular flexibility index (Phi) is 4.49. The van der Waals surface area contributed by atoms with Gasteiger partial charge in [0.2, 0.25) is 0 Å². The quantitative estimate of drug-likeness (QED) is 0.768.